The average Bonchev–Trinajstić information content (AvgIpc) is 2.59. The molecule has 0 atom stereocenters. The predicted molar refractivity (Wildman–Crippen MR) is 95.9 cm³/mol. The van der Waals surface area contributed by atoms with Gasteiger partial charge in [-0.05, 0) is 48.9 Å². The minimum absolute atomic E-state index is 0.250. The van der Waals surface area contributed by atoms with Gasteiger partial charge < -0.3 is 5.32 Å². The number of aryl methyl sites for hydroxylation is 1. The monoisotopic (exact) mass is 357 g/mol. The van der Waals surface area contributed by atoms with E-state index in [9.17, 15) is 12.8 Å². The van der Waals surface area contributed by atoms with E-state index in [0.717, 1.165) is 11.8 Å². The van der Waals surface area contributed by atoms with Gasteiger partial charge in [-0.25, -0.2) is 17.8 Å². The van der Waals surface area contributed by atoms with Crippen molar-refractivity contribution in [2.45, 2.75) is 11.8 Å². The Hall–Kier alpha value is -2.93. The van der Waals surface area contributed by atoms with Crippen LogP contribution in [0.15, 0.2) is 71.8 Å². The molecule has 1 aromatic heterocycles. The molecule has 0 aliphatic heterocycles. The second-order valence-corrected chi connectivity index (χ2v) is 7.11. The lowest BCUT2D eigenvalue weighted by Gasteiger charge is -2.10. The minimum atomic E-state index is -4.02. The van der Waals surface area contributed by atoms with Gasteiger partial charge in [0.25, 0.3) is 10.0 Å². The highest BCUT2D eigenvalue weighted by Crippen LogP contribution is 2.21. The van der Waals surface area contributed by atoms with Gasteiger partial charge in [0, 0.05) is 5.69 Å². The van der Waals surface area contributed by atoms with Crippen molar-refractivity contribution in [3.05, 3.63) is 78.2 Å². The van der Waals surface area contributed by atoms with Gasteiger partial charge in [0.1, 0.15) is 16.5 Å². The Balaban J connectivity index is 1.78. The lowest BCUT2D eigenvalue weighted by molar-refractivity contribution is 0.570. The Labute approximate surface area is 145 Å². The number of aromatic nitrogens is 1. The third kappa shape index (κ3) is 4.13. The van der Waals surface area contributed by atoms with Crippen LogP contribution in [0.25, 0.3) is 0 Å². The van der Waals surface area contributed by atoms with Crippen LogP contribution in [0.5, 0.6) is 0 Å². The van der Waals surface area contributed by atoms with Crippen LogP contribution in [0, 0.1) is 12.7 Å². The van der Waals surface area contributed by atoms with Crippen molar-refractivity contribution in [1.82, 2.24) is 4.98 Å². The molecule has 0 saturated carbocycles. The zero-order valence-corrected chi connectivity index (χ0v) is 14.2. The van der Waals surface area contributed by atoms with Crippen molar-refractivity contribution < 1.29 is 12.8 Å². The van der Waals surface area contributed by atoms with Crippen molar-refractivity contribution in [3.8, 4) is 0 Å². The van der Waals surface area contributed by atoms with Crippen LogP contribution < -0.4 is 10.0 Å². The van der Waals surface area contributed by atoms with E-state index < -0.39 is 15.8 Å². The molecule has 0 bridgehead atoms. The molecule has 0 aliphatic rings. The summed E-state index contributed by atoms with van der Waals surface area (Å²) in [5.74, 6) is -0.232. The molecule has 0 unspecified atom stereocenters. The maximum atomic E-state index is 13.8. The molecule has 2 N–H and O–H groups in total. The normalized spacial score (nSPS) is 11.1. The lowest BCUT2D eigenvalue weighted by atomic mass is 10.2. The number of anilines is 3. The number of pyridine rings is 1. The van der Waals surface area contributed by atoms with E-state index in [-0.39, 0.29) is 10.6 Å². The van der Waals surface area contributed by atoms with E-state index in [1.807, 2.05) is 30.3 Å². The number of rotatable bonds is 5. The van der Waals surface area contributed by atoms with Gasteiger partial charge >= 0.3 is 0 Å². The molecule has 1 heterocycles. The van der Waals surface area contributed by atoms with E-state index in [2.05, 4.69) is 15.0 Å². The van der Waals surface area contributed by atoms with Gasteiger partial charge in [-0.3, -0.25) is 4.72 Å². The first-order valence-electron chi connectivity index (χ1n) is 7.51. The van der Waals surface area contributed by atoms with Gasteiger partial charge in [-0.15, -0.1) is 0 Å². The van der Waals surface area contributed by atoms with E-state index in [0.29, 0.717) is 11.4 Å². The molecule has 0 radical (unpaired) electrons. The molecule has 5 nitrogen and oxygen atoms in total. The summed E-state index contributed by atoms with van der Waals surface area (Å²) in [5.41, 5.74) is 1.77. The van der Waals surface area contributed by atoms with Crippen molar-refractivity contribution >= 4 is 27.2 Å². The summed E-state index contributed by atoms with van der Waals surface area (Å²) >= 11 is 0. The Bertz CT molecular complexity index is 975. The second-order valence-electron chi connectivity index (χ2n) is 5.46. The summed E-state index contributed by atoms with van der Waals surface area (Å²) in [4.78, 5) is 3.77. The maximum Gasteiger partial charge on any atom is 0.264 e. The first kappa shape index (κ1) is 16.9. The van der Waals surface area contributed by atoms with Crippen molar-refractivity contribution in [2.75, 3.05) is 10.0 Å². The molecule has 3 rings (SSSR count). The fraction of sp³-hybridized carbons (Fsp3) is 0.0556. The maximum absolute atomic E-state index is 13.8. The van der Waals surface area contributed by atoms with Crippen LogP contribution in [0.4, 0.5) is 21.6 Å². The zero-order valence-electron chi connectivity index (χ0n) is 13.4. The fourth-order valence-electron chi connectivity index (χ4n) is 2.22. The molecule has 0 aliphatic carbocycles. The van der Waals surface area contributed by atoms with Gasteiger partial charge in [-0.2, -0.15) is 0 Å². The Morgan fingerprint density at radius 1 is 0.960 bits per heavy atom. The molecule has 128 valence electrons. The highest BCUT2D eigenvalue weighted by molar-refractivity contribution is 7.92. The Morgan fingerprint density at radius 3 is 2.40 bits per heavy atom. The molecular formula is C18H16FN3O2S. The molecule has 3 aromatic rings. The molecule has 2 aromatic carbocycles. The number of hydrogen-bond acceptors (Lipinski definition) is 4. The number of sulfonamides is 1. The first-order valence-corrected chi connectivity index (χ1v) is 8.99. The quantitative estimate of drug-likeness (QED) is 0.722. The summed E-state index contributed by atoms with van der Waals surface area (Å²) < 4.78 is 40.9. The topological polar surface area (TPSA) is 71.1 Å². The molecular weight excluding hydrogens is 341 g/mol. The number of hydrogen-bond donors (Lipinski definition) is 2. The van der Waals surface area contributed by atoms with Gasteiger partial charge in [0.15, 0.2) is 0 Å². The first-order chi connectivity index (χ1) is 11.9. The van der Waals surface area contributed by atoms with Crippen molar-refractivity contribution in [3.63, 3.8) is 0 Å². The molecule has 0 amide bonds. The van der Waals surface area contributed by atoms with Crippen LogP contribution in [-0.2, 0) is 10.0 Å². The molecule has 0 saturated heterocycles. The van der Waals surface area contributed by atoms with Crippen LogP contribution in [0.3, 0.4) is 0 Å². The lowest BCUT2D eigenvalue weighted by Crippen LogP contribution is -2.15. The summed E-state index contributed by atoms with van der Waals surface area (Å²) in [6.07, 6.45) is 1.37. The Morgan fingerprint density at radius 2 is 1.72 bits per heavy atom. The van der Waals surface area contributed by atoms with E-state index in [1.54, 1.807) is 19.1 Å². The van der Waals surface area contributed by atoms with Crippen LogP contribution in [0.1, 0.15) is 5.56 Å². The van der Waals surface area contributed by atoms with Crippen LogP contribution >= 0.6 is 0 Å². The second kappa shape index (κ2) is 6.90. The number of nitrogens with zero attached hydrogens (tertiary/aromatic N) is 1. The zero-order chi connectivity index (χ0) is 17.9. The van der Waals surface area contributed by atoms with Crippen LogP contribution in [0.2, 0.25) is 0 Å². The van der Waals surface area contributed by atoms with E-state index in [1.165, 1.54) is 18.3 Å². The van der Waals surface area contributed by atoms with Crippen LogP contribution in [-0.4, -0.2) is 13.4 Å². The largest absolute Gasteiger partial charge is 0.340 e. The highest BCUT2D eigenvalue weighted by Gasteiger charge is 2.19. The number of halogens is 1. The standard InChI is InChI=1S/C18H16FN3O2S/c1-13-7-9-16(19)17(11-13)25(23,24)22-15-8-10-18(20-12-15)21-14-5-3-2-4-6-14/h2-12,22H,1H3,(H,20,21). The number of benzene rings is 2. The summed E-state index contributed by atoms with van der Waals surface area (Å²) in [6, 6.07) is 16.6. The van der Waals surface area contributed by atoms with E-state index in [4.69, 9.17) is 0 Å². The molecule has 0 spiro atoms. The summed E-state index contributed by atoms with van der Waals surface area (Å²) in [5, 5.41) is 3.09. The van der Waals surface area contributed by atoms with Gasteiger partial charge in [-0.1, -0.05) is 24.3 Å². The number of para-hydroxylation sites is 1. The molecule has 7 heteroatoms. The summed E-state index contributed by atoms with van der Waals surface area (Å²) in [7, 11) is -4.02. The SMILES string of the molecule is Cc1ccc(F)c(S(=O)(=O)Nc2ccc(Nc3ccccc3)nc2)c1. The Kier molecular flexibility index (Phi) is 4.67. The highest BCUT2D eigenvalue weighted by atomic mass is 32.2. The fourth-order valence-corrected chi connectivity index (χ4v) is 3.43. The molecule has 25 heavy (non-hydrogen) atoms. The predicted octanol–water partition coefficient (Wildman–Crippen LogP) is 4.07. The van der Waals surface area contributed by atoms with Gasteiger partial charge in [0.05, 0.1) is 11.9 Å². The molecule has 0 fully saturated rings. The van der Waals surface area contributed by atoms with Gasteiger partial charge in [0.2, 0.25) is 0 Å². The third-order valence-electron chi connectivity index (χ3n) is 3.44. The third-order valence-corrected chi connectivity index (χ3v) is 4.83. The smallest absolute Gasteiger partial charge is 0.264 e. The van der Waals surface area contributed by atoms with E-state index >= 15 is 0 Å². The minimum Gasteiger partial charge on any atom is -0.340 e. The van der Waals surface area contributed by atoms with Crippen molar-refractivity contribution in [2.24, 2.45) is 0 Å². The summed E-state index contributed by atoms with van der Waals surface area (Å²) in [6.45, 7) is 1.70. The van der Waals surface area contributed by atoms with Crippen molar-refractivity contribution in [1.29, 1.82) is 0 Å². The number of nitrogens with one attached hydrogen (secondary N) is 2. The average molecular weight is 357 g/mol.